The van der Waals surface area contributed by atoms with E-state index in [9.17, 15) is 4.79 Å². The van der Waals surface area contributed by atoms with Gasteiger partial charge in [0.1, 0.15) is 0 Å². The molecule has 0 radical (unpaired) electrons. The molecule has 3 heterocycles. The number of urea groups is 1. The number of thiazole rings is 1. The number of rotatable bonds is 5. The summed E-state index contributed by atoms with van der Waals surface area (Å²) in [6.45, 7) is 0.545. The summed E-state index contributed by atoms with van der Waals surface area (Å²) in [4.78, 5) is 21.4. The van der Waals surface area contributed by atoms with Gasteiger partial charge in [0.15, 0.2) is 5.13 Å². The Kier molecular flexibility index (Phi) is 5.22. The second-order valence-corrected chi connectivity index (χ2v) is 7.27. The van der Waals surface area contributed by atoms with Crippen LogP contribution in [0.5, 0.6) is 0 Å². The molecule has 3 aromatic rings. The summed E-state index contributed by atoms with van der Waals surface area (Å²) in [6, 6.07) is 7.34. The molecule has 0 spiro atoms. The molecule has 0 aliphatic rings. The van der Waals surface area contributed by atoms with Gasteiger partial charge in [-0.05, 0) is 30.7 Å². The quantitative estimate of drug-likeness (QED) is 0.709. The Bertz CT molecular complexity index is 788. The Balaban J connectivity index is 1.49. The van der Waals surface area contributed by atoms with E-state index in [0.717, 1.165) is 26.9 Å². The zero-order valence-electron chi connectivity index (χ0n) is 12.0. The van der Waals surface area contributed by atoms with Gasteiger partial charge in [-0.15, -0.1) is 22.7 Å². The van der Waals surface area contributed by atoms with Crippen molar-refractivity contribution in [1.29, 1.82) is 0 Å². The van der Waals surface area contributed by atoms with Crippen LogP contribution in [-0.2, 0) is 6.42 Å². The Labute approximate surface area is 146 Å². The number of amides is 2. The van der Waals surface area contributed by atoms with E-state index in [4.69, 9.17) is 11.6 Å². The second kappa shape index (κ2) is 7.54. The maximum absolute atomic E-state index is 11.9. The maximum Gasteiger partial charge on any atom is 0.321 e. The van der Waals surface area contributed by atoms with Crippen molar-refractivity contribution in [3.8, 4) is 11.3 Å². The highest BCUT2D eigenvalue weighted by molar-refractivity contribution is 7.16. The van der Waals surface area contributed by atoms with E-state index in [1.807, 2.05) is 29.6 Å². The lowest BCUT2D eigenvalue weighted by Crippen LogP contribution is -2.30. The third-order valence-electron chi connectivity index (χ3n) is 2.97. The van der Waals surface area contributed by atoms with E-state index in [2.05, 4.69) is 20.6 Å². The Morgan fingerprint density at radius 2 is 2.22 bits per heavy atom. The van der Waals surface area contributed by atoms with Crippen molar-refractivity contribution in [3.63, 3.8) is 0 Å². The van der Waals surface area contributed by atoms with E-state index in [1.165, 1.54) is 22.7 Å². The van der Waals surface area contributed by atoms with Crippen LogP contribution in [0.1, 0.15) is 4.88 Å². The average Bonchev–Trinajstić information content (AvgIpc) is 3.17. The zero-order chi connectivity index (χ0) is 16.1. The number of hydrogen-bond acceptors (Lipinski definition) is 5. The molecular weight excluding hydrogens is 352 g/mol. The standard InChI is InChI=1S/C15H13ClN4OS2/c16-13-4-3-11(23-13)5-7-18-14(21)20-15-19-12(9-22-15)10-2-1-6-17-8-10/h1-4,6,8-9H,5,7H2,(H2,18,19,20,21). The van der Waals surface area contributed by atoms with Crippen LogP contribution in [-0.4, -0.2) is 22.5 Å². The van der Waals surface area contributed by atoms with Crippen LogP contribution in [0.2, 0.25) is 4.34 Å². The minimum atomic E-state index is -0.264. The molecule has 3 rings (SSSR count). The van der Waals surface area contributed by atoms with E-state index in [1.54, 1.807) is 12.4 Å². The average molecular weight is 365 g/mol. The molecular formula is C15H13ClN4OS2. The van der Waals surface area contributed by atoms with Gasteiger partial charge in [-0.25, -0.2) is 9.78 Å². The number of nitrogens with zero attached hydrogens (tertiary/aromatic N) is 2. The van der Waals surface area contributed by atoms with E-state index in [-0.39, 0.29) is 6.03 Å². The first-order chi connectivity index (χ1) is 11.2. The largest absolute Gasteiger partial charge is 0.337 e. The van der Waals surface area contributed by atoms with Crippen molar-refractivity contribution in [2.45, 2.75) is 6.42 Å². The molecule has 0 unspecified atom stereocenters. The molecule has 5 nitrogen and oxygen atoms in total. The molecule has 0 bridgehead atoms. The maximum atomic E-state index is 11.9. The summed E-state index contributed by atoms with van der Waals surface area (Å²) in [6.07, 6.45) is 4.21. The third-order valence-corrected chi connectivity index (χ3v) is 5.02. The molecule has 2 N–H and O–H groups in total. The Hall–Kier alpha value is -1.96. The first-order valence-corrected chi connectivity index (χ1v) is 8.93. The normalized spacial score (nSPS) is 10.5. The van der Waals surface area contributed by atoms with Gasteiger partial charge >= 0.3 is 6.03 Å². The third kappa shape index (κ3) is 4.51. The highest BCUT2D eigenvalue weighted by Gasteiger charge is 2.08. The monoisotopic (exact) mass is 364 g/mol. The van der Waals surface area contributed by atoms with Crippen LogP contribution < -0.4 is 10.6 Å². The van der Waals surface area contributed by atoms with Crippen LogP contribution in [0.4, 0.5) is 9.93 Å². The SMILES string of the molecule is O=C(NCCc1ccc(Cl)s1)Nc1nc(-c2cccnc2)cs1. The highest BCUT2D eigenvalue weighted by Crippen LogP contribution is 2.24. The van der Waals surface area contributed by atoms with Gasteiger partial charge in [-0.1, -0.05) is 11.6 Å². The Morgan fingerprint density at radius 3 is 2.96 bits per heavy atom. The number of carbonyl (C=O) groups is 1. The lowest BCUT2D eigenvalue weighted by molar-refractivity contribution is 0.252. The van der Waals surface area contributed by atoms with Crippen molar-refractivity contribution in [2.24, 2.45) is 0 Å². The van der Waals surface area contributed by atoms with E-state index >= 15 is 0 Å². The molecule has 0 saturated carbocycles. The summed E-state index contributed by atoms with van der Waals surface area (Å²) < 4.78 is 0.759. The fourth-order valence-electron chi connectivity index (χ4n) is 1.90. The number of halogens is 1. The minimum Gasteiger partial charge on any atom is -0.337 e. The molecule has 23 heavy (non-hydrogen) atoms. The van der Waals surface area contributed by atoms with Crippen LogP contribution in [0.15, 0.2) is 42.0 Å². The molecule has 8 heteroatoms. The fraction of sp³-hybridized carbons (Fsp3) is 0.133. The number of anilines is 1. The van der Waals surface area contributed by atoms with E-state index < -0.39 is 0 Å². The lowest BCUT2D eigenvalue weighted by atomic mass is 10.2. The smallest absolute Gasteiger partial charge is 0.321 e. The lowest BCUT2D eigenvalue weighted by Gasteiger charge is -2.04. The summed E-state index contributed by atoms with van der Waals surface area (Å²) in [7, 11) is 0. The topological polar surface area (TPSA) is 66.9 Å². The minimum absolute atomic E-state index is 0.264. The van der Waals surface area contributed by atoms with Crippen molar-refractivity contribution in [3.05, 3.63) is 51.3 Å². The number of aromatic nitrogens is 2. The molecule has 2 amide bonds. The van der Waals surface area contributed by atoms with Gasteiger partial charge in [-0.2, -0.15) is 0 Å². The van der Waals surface area contributed by atoms with Gasteiger partial charge in [0.05, 0.1) is 10.0 Å². The number of pyridine rings is 1. The molecule has 3 aromatic heterocycles. The van der Waals surface area contributed by atoms with Gasteiger partial charge in [0.2, 0.25) is 0 Å². The second-order valence-electron chi connectivity index (χ2n) is 4.62. The summed E-state index contributed by atoms with van der Waals surface area (Å²) in [5.41, 5.74) is 1.72. The van der Waals surface area contributed by atoms with Crippen LogP contribution in [0.25, 0.3) is 11.3 Å². The molecule has 0 atom stereocenters. The van der Waals surface area contributed by atoms with Crippen molar-refractivity contribution >= 4 is 45.4 Å². The molecule has 0 aromatic carbocycles. The first kappa shape index (κ1) is 15.9. The van der Waals surface area contributed by atoms with E-state index in [0.29, 0.717) is 11.7 Å². The number of hydrogen-bond donors (Lipinski definition) is 2. The fourth-order valence-corrected chi connectivity index (χ4v) is 3.71. The van der Waals surface area contributed by atoms with Crippen LogP contribution in [0.3, 0.4) is 0 Å². The summed E-state index contributed by atoms with van der Waals surface area (Å²) in [5.74, 6) is 0. The number of thiophene rings is 1. The van der Waals surface area contributed by atoms with Crippen molar-refractivity contribution in [1.82, 2.24) is 15.3 Å². The molecule has 0 saturated heterocycles. The molecule has 0 aliphatic carbocycles. The molecule has 0 fully saturated rings. The summed E-state index contributed by atoms with van der Waals surface area (Å²) in [5, 5.41) is 7.99. The predicted octanol–water partition coefficient (Wildman–Crippen LogP) is 4.28. The predicted molar refractivity (Wildman–Crippen MR) is 95.4 cm³/mol. The van der Waals surface area contributed by atoms with Gasteiger partial charge in [0, 0.05) is 34.8 Å². The van der Waals surface area contributed by atoms with Crippen molar-refractivity contribution in [2.75, 3.05) is 11.9 Å². The highest BCUT2D eigenvalue weighted by atomic mass is 35.5. The van der Waals surface area contributed by atoms with Crippen molar-refractivity contribution < 1.29 is 4.79 Å². The Morgan fingerprint density at radius 1 is 1.30 bits per heavy atom. The molecule has 118 valence electrons. The number of carbonyl (C=O) groups excluding carboxylic acids is 1. The van der Waals surface area contributed by atoms with Gasteiger partial charge in [0.25, 0.3) is 0 Å². The zero-order valence-corrected chi connectivity index (χ0v) is 14.3. The summed E-state index contributed by atoms with van der Waals surface area (Å²) >= 11 is 8.77. The van der Waals surface area contributed by atoms with Crippen LogP contribution >= 0.6 is 34.3 Å². The van der Waals surface area contributed by atoms with Gasteiger partial charge < -0.3 is 5.32 Å². The van der Waals surface area contributed by atoms with Gasteiger partial charge in [-0.3, -0.25) is 10.3 Å². The molecule has 0 aliphatic heterocycles. The van der Waals surface area contributed by atoms with Crippen LogP contribution in [0, 0.1) is 0 Å². The number of nitrogens with one attached hydrogen (secondary N) is 2. The first-order valence-electron chi connectivity index (χ1n) is 6.86.